The fourth-order valence-corrected chi connectivity index (χ4v) is 4.11. The summed E-state index contributed by atoms with van der Waals surface area (Å²) in [5.41, 5.74) is 1.58. The quantitative estimate of drug-likeness (QED) is 0.837. The summed E-state index contributed by atoms with van der Waals surface area (Å²) < 4.78 is 27.0. The van der Waals surface area contributed by atoms with Crippen LogP contribution in [0, 0.1) is 11.8 Å². The number of hydrogen-bond acceptors (Lipinski definition) is 7. The molecule has 0 radical (unpaired) electrons. The lowest BCUT2D eigenvalue weighted by Crippen LogP contribution is -2.33. The minimum atomic E-state index is -0.866. The maximum absolute atomic E-state index is 12.5. The van der Waals surface area contributed by atoms with Crippen molar-refractivity contribution in [3.63, 3.8) is 0 Å². The van der Waals surface area contributed by atoms with Crippen molar-refractivity contribution >= 4 is 5.97 Å². The van der Waals surface area contributed by atoms with Crippen molar-refractivity contribution in [1.82, 2.24) is 0 Å². The first-order valence-electron chi connectivity index (χ1n) is 8.32. The molecular weight excluding hydrogens is 340 g/mol. The number of carbonyl (C=O) groups excluding carboxylic acids is 1. The smallest absolute Gasteiger partial charge is 0.310 e. The van der Waals surface area contributed by atoms with Gasteiger partial charge >= 0.3 is 5.97 Å². The average molecular weight is 360 g/mol. The number of methoxy groups -OCH3 is 3. The first kappa shape index (κ1) is 16.8. The van der Waals surface area contributed by atoms with E-state index in [1.165, 1.54) is 13.4 Å². The predicted molar refractivity (Wildman–Crippen MR) is 89.5 cm³/mol. The Morgan fingerprint density at radius 2 is 1.81 bits per heavy atom. The molecule has 1 N–H and O–H groups in total. The van der Waals surface area contributed by atoms with Crippen LogP contribution in [0.1, 0.15) is 28.9 Å². The maximum atomic E-state index is 12.5. The molecule has 2 aliphatic rings. The summed E-state index contributed by atoms with van der Waals surface area (Å²) >= 11 is 0. The lowest BCUT2D eigenvalue weighted by Gasteiger charge is -2.33. The van der Waals surface area contributed by atoms with E-state index in [1.807, 2.05) is 12.1 Å². The van der Waals surface area contributed by atoms with Gasteiger partial charge in [-0.1, -0.05) is 0 Å². The van der Waals surface area contributed by atoms with E-state index in [2.05, 4.69) is 0 Å². The van der Waals surface area contributed by atoms with Crippen molar-refractivity contribution < 1.29 is 33.3 Å². The lowest BCUT2D eigenvalue weighted by atomic mass is 9.68. The van der Waals surface area contributed by atoms with Crippen molar-refractivity contribution in [2.24, 2.45) is 11.8 Å². The number of aliphatic hydroxyl groups is 1. The second-order valence-corrected chi connectivity index (χ2v) is 6.44. The minimum absolute atomic E-state index is 0.172. The first-order valence-corrected chi connectivity index (χ1v) is 8.32. The number of esters is 1. The molecule has 1 aliphatic carbocycles. The van der Waals surface area contributed by atoms with E-state index < -0.39 is 12.0 Å². The number of aliphatic hydroxyl groups excluding tert-OH is 1. The monoisotopic (exact) mass is 360 g/mol. The van der Waals surface area contributed by atoms with E-state index in [0.29, 0.717) is 23.0 Å². The number of rotatable bonds is 4. The third-order valence-electron chi connectivity index (χ3n) is 5.29. The van der Waals surface area contributed by atoms with Gasteiger partial charge in [0.15, 0.2) is 11.5 Å². The largest absolute Gasteiger partial charge is 0.493 e. The van der Waals surface area contributed by atoms with Crippen LogP contribution in [0.25, 0.3) is 0 Å². The number of fused-ring (bicyclic) bond motifs is 2. The molecule has 1 saturated heterocycles. The molecule has 26 heavy (non-hydrogen) atoms. The van der Waals surface area contributed by atoms with Crippen molar-refractivity contribution in [1.29, 1.82) is 0 Å². The van der Waals surface area contributed by atoms with Gasteiger partial charge in [0, 0.05) is 17.4 Å². The molecule has 138 valence electrons. The third-order valence-corrected chi connectivity index (χ3v) is 5.29. The predicted octanol–water partition coefficient (Wildman–Crippen LogP) is 2.27. The zero-order valence-corrected chi connectivity index (χ0v) is 14.7. The molecule has 7 nitrogen and oxygen atoms in total. The molecule has 2 aromatic rings. The summed E-state index contributed by atoms with van der Waals surface area (Å²) in [4.78, 5) is 12.5. The van der Waals surface area contributed by atoms with Crippen LogP contribution in [-0.4, -0.2) is 39.0 Å². The Morgan fingerprint density at radius 1 is 1.12 bits per heavy atom. The number of hydrogen-bond donors (Lipinski definition) is 1. The Bertz CT molecular complexity index is 815. The van der Waals surface area contributed by atoms with Crippen molar-refractivity contribution in [3.05, 3.63) is 41.3 Å². The summed E-state index contributed by atoms with van der Waals surface area (Å²) in [6.07, 6.45) is 0.667. The molecule has 0 unspecified atom stereocenters. The standard InChI is InChI=1S/C19H20O7/c1-22-12-6-9(7-13(23-2)18(12)24-3)14-10-4-5-25-17(10)16(20)11-8-26-19(21)15(11)14/h4-7,11,14-16,20H,8H2,1-3H3/t11-,14+,15+,16+/m0/s1. The number of ether oxygens (including phenoxy) is 4. The van der Waals surface area contributed by atoms with E-state index in [9.17, 15) is 9.90 Å². The van der Waals surface area contributed by atoms with Crippen LogP contribution in [0.15, 0.2) is 28.9 Å². The molecule has 0 spiro atoms. The van der Waals surface area contributed by atoms with Gasteiger partial charge in [-0.25, -0.2) is 0 Å². The van der Waals surface area contributed by atoms with Gasteiger partial charge in [0.1, 0.15) is 11.9 Å². The number of furan rings is 1. The van der Waals surface area contributed by atoms with Gasteiger partial charge in [0.05, 0.1) is 40.1 Å². The summed E-state index contributed by atoms with van der Waals surface area (Å²) in [5, 5.41) is 10.6. The molecule has 7 heteroatoms. The lowest BCUT2D eigenvalue weighted by molar-refractivity contribution is -0.141. The maximum Gasteiger partial charge on any atom is 0.310 e. The van der Waals surface area contributed by atoms with Crippen LogP contribution in [-0.2, 0) is 9.53 Å². The zero-order chi connectivity index (χ0) is 18.4. The highest BCUT2D eigenvalue weighted by Gasteiger charge is 2.53. The Balaban J connectivity index is 1.91. The van der Waals surface area contributed by atoms with Crippen LogP contribution < -0.4 is 14.2 Å². The van der Waals surface area contributed by atoms with Crippen LogP contribution in [0.3, 0.4) is 0 Å². The molecule has 1 fully saturated rings. The van der Waals surface area contributed by atoms with Gasteiger partial charge in [0.2, 0.25) is 5.75 Å². The summed E-state index contributed by atoms with van der Waals surface area (Å²) in [6, 6.07) is 5.43. The SMILES string of the molecule is COc1cc([C@@H]2c3ccoc3[C@H](O)[C@H]3COC(=O)[C@@H]23)cc(OC)c1OC. The van der Waals surface area contributed by atoms with E-state index in [-0.39, 0.29) is 24.4 Å². The van der Waals surface area contributed by atoms with E-state index >= 15 is 0 Å². The van der Waals surface area contributed by atoms with Crippen LogP contribution in [0.5, 0.6) is 17.2 Å². The molecule has 0 bridgehead atoms. The fourth-order valence-electron chi connectivity index (χ4n) is 4.11. The summed E-state index contributed by atoms with van der Waals surface area (Å²) in [5.74, 6) is 0.446. The number of carbonyl (C=O) groups is 1. The Hall–Kier alpha value is -2.67. The highest BCUT2D eigenvalue weighted by atomic mass is 16.5. The van der Waals surface area contributed by atoms with Crippen molar-refractivity contribution in [2.45, 2.75) is 12.0 Å². The van der Waals surface area contributed by atoms with E-state index in [4.69, 9.17) is 23.4 Å². The van der Waals surface area contributed by atoms with Crippen LogP contribution >= 0.6 is 0 Å². The zero-order valence-electron chi connectivity index (χ0n) is 14.7. The summed E-state index contributed by atoms with van der Waals surface area (Å²) in [7, 11) is 4.62. The van der Waals surface area contributed by atoms with Gasteiger partial charge in [-0.2, -0.15) is 0 Å². The number of cyclic esters (lactones) is 1. The van der Waals surface area contributed by atoms with Gasteiger partial charge in [0.25, 0.3) is 0 Å². The fraction of sp³-hybridized carbons (Fsp3) is 0.421. The minimum Gasteiger partial charge on any atom is -0.493 e. The van der Waals surface area contributed by atoms with Gasteiger partial charge in [-0.3, -0.25) is 4.79 Å². The normalized spacial score (nSPS) is 26.7. The van der Waals surface area contributed by atoms with E-state index in [0.717, 1.165) is 11.1 Å². The highest BCUT2D eigenvalue weighted by Crippen LogP contribution is 2.53. The average Bonchev–Trinajstić information content (AvgIpc) is 3.29. The molecular formula is C19H20O7. The Labute approximate surface area is 150 Å². The third kappa shape index (κ3) is 2.27. The topological polar surface area (TPSA) is 87.4 Å². The van der Waals surface area contributed by atoms with Gasteiger partial charge in [-0.15, -0.1) is 0 Å². The van der Waals surface area contributed by atoms with Gasteiger partial charge in [-0.05, 0) is 23.8 Å². The van der Waals surface area contributed by atoms with Gasteiger partial charge < -0.3 is 28.5 Å². The van der Waals surface area contributed by atoms with Crippen molar-refractivity contribution in [3.8, 4) is 17.2 Å². The molecule has 4 atom stereocenters. The first-order chi connectivity index (χ1) is 12.6. The van der Waals surface area contributed by atoms with Crippen molar-refractivity contribution in [2.75, 3.05) is 27.9 Å². The Kier molecular flexibility index (Phi) is 4.03. The second-order valence-electron chi connectivity index (χ2n) is 6.44. The van der Waals surface area contributed by atoms with Crippen LogP contribution in [0.4, 0.5) is 0 Å². The molecule has 1 aromatic carbocycles. The molecule has 0 saturated carbocycles. The highest BCUT2D eigenvalue weighted by molar-refractivity contribution is 5.78. The molecule has 1 aliphatic heterocycles. The second kappa shape index (κ2) is 6.25. The molecule has 4 rings (SSSR count). The van der Waals surface area contributed by atoms with Crippen LogP contribution in [0.2, 0.25) is 0 Å². The Morgan fingerprint density at radius 3 is 2.42 bits per heavy atom. The number of benzene rings is 1. The molecule has 2 heterocycles. The summed E-state index contributed by atoms with van der Waals surface area (Å²) in [6.45, 7) is 0.172. The van der Waals surface area contributed by atoms with E-state index in [1.54, 1.807) is 20.3 Å². The molecule has 1 aromatic heterocycles. The molecule has 0 amide bonds.